The van der Waals surface area contributed by atoms with Gasteiger partial charge in [0.25, 0.3) is 0 Å². The van der Waals surface area contributed by atoms with Crippen molar-refractivity contribution >= 4 is 0 Å². The molecule has 0 amide bonds. The molecule has 1 aromatic rings. The first kappa shape index (κ1) is 11.3. The molecule has 92 valence electrons. The van der Waals surface area contributed by atoms with Crippen LogP contribution in [0, 0.1) is 11.3 Å². The van der Waals surface area contributed by atoms with Crippen LogP contribution in [0.1, 0.15) is 24.3 Å². The minimum atomic E-state index is 0.0728. The third-order valence-electron chi connectivity index (χ3n) is 3.67. The predicted molar refractivity (Wildman–Crippen MR) is 68.6 cm³/mol. The van der Waals surface area contributed by atoms with Crippen LogP contribution in [0.15, 0.2) is 42.1 Å². The van der Waals surface area contributed by atoms with Crippen LogP contribution in [-0.2, 0) is 4.74 Å². The van der Waals surface area contributed by atoms with Gasteiger partial charge in [-0.3, -0.25) is 0 Å². The van der Waals surface area contributed by atoms with Crippen LogP contribution in [0.3, 0.4) is 0 Å². The van der Waals surface area contributed by atoms with Crippen molar-refractivity contribution in [2.75, 3.05) is 13.2 Å². The van der Waals surface area contributed by atoms with Gasteiger partial charge in [-0.1, -0.05) is 30.3 Å². The third-order valence-corrected chi connectivity index (χ3v) is 3.67. The molecule has 2 unspecified atom stereocenters. The lowest BCUT2D eigenvalue weighted by Crippen LogP contribution is -2.44. The highest BCUT2D eigenvalue weighted by Gasteiger charge is 2.32. The molecule has 3 nitrogen and oxygen atoms in total. The van der Waals surface area contributed by atoms with Gasteiger partial charge in [-0.25, -0.2) is 0 Å². The summed E-state index contributed by atoms with van der Waals surface area (Å²) in [6.07, 6.45) is 4.10. The van der Waals surface area contributed by atoms with Crippen LogP contribution >= 0.6 is 0 Å². The molecule has 0 bridgehead atoms. The highest BCUT2D eigenvalue weighted by atomic mass is 16.5. The molecule has 2 atom stereocenters. The Kier molecular flexibility index (Phi) is 3.04. The van der Waals surface area contributed by atoms with Crippen molar-refractivity contribution in [3.63, 3.8) is 0 Å². The molecule has 0 saturated carbocycles. The maximum Gasteiger partial charge on any atom is 0.131 e. The molecular formula is C15H16N2O. The van der Waals surface area contributed by atoms with Crippen molar-refractivity contribution in [2.45, 2.75) is 25.0 Å². The predicted octanol–water partition coefficient (Wildman–Crippen LogP) is 2.63. The zero-order valence-corrected chi connectivity index (χ0v) is 10.2. The minimum Gasteiger partial charge on any atom is -0.358 e. The van der Waals surface area contributed by atoms with Crippen LogP contribution in [0.5, 0.6) is 0 Å². The number of rotatable bonds is 1. The maximum atomic E-state index is 9.28. The molecule has 0 spiro atoms. The Labute approximate surface area is 107 Å². The summed E-state index contributed by atoms with van der Waals surface area (Å²) >= 11 is 0. The van der Waals surface area contributed by atoms with Gasteiger partial charge in [0.05, 0.1) is 6.61 Å². The van der Waals surface area contributed by atoms with Gasteiger partial charge >= 0.3 is 0 Å². The summed E-state index contributed by atoms with van der Waals surface area (Å²) in [5.41, 5.74) is 2.03. The first-order valence-electron chi connectivity index (χ1n) is 6.43. The van der Waals surface area contributed by atoms with E-state index in [2.05, 4.69) is 29.2 Å². The topological polar surface area (TPSA) is 36.3 Å². The molecule has 3 rings (SSSR count). The molecule has 2 heterocycles. The van der Waals surface area contributed by atoms with E-state index in [1.54, 1.807) is 0 Å². The lowest BCUT2D eigenvalue weighted by molar-refractivity contribution is -0.0867. The summed E-state index contributed by atoms with van der Waals surface area (Å²) in [5.74, 6) is 0.292. The standard InChI is InChI=1S/C15H16N2O/c16-11-14-9-13(12-5-2-1-3-6-12)10-15-17(14)7-4-8-18-15/h1-3,5-6,9,13,15H,4,7-8,10H2. The third kappa shape index (κ3) is 2.00. The van der Waals surface area contributed by atoms with Gasteiger partial charge in [0.1, 0.15) is 18.0 Å². The van der Waals surface area contributed by atoms with E-state index in [-0.39, 0.29) is 6.23 Å². The SMILES string of the molecule is N#CC1=CC(c2ccccc2)CC2OCCCN12. The Hall–Kier alpha value is -1.79. The highest BCUT2D eigenvalue weighted by Crippen LogP contribution is 2.34. The Balaban J connectivity index is 1.92. The van der Waals surface area contributed by atoms with E-state index in [1.807, 2.05) is 18.2 Å². The number of hydrogen-bond acceptors (Lipinski definition) is 3. The van der Waals surface area contributed by atoms with Gasteiger partial charge in [0, 0.05) is 18.9 Å². The summed E-state index contributed by atoms with van der Waals surface area (Å²) < 4.78 is 5.80. The van der Waals surface area contributed by atoms with Gasteiger partial charge in [-0.05, 0) is 18.1 Å². The minimum absolute atomic E-state index is 0.0728. The molecule has 1 fully saturated rings. The van der Waals surface area contributed by atoms with E-state index in [0.29, 0.717) is 5.92 Å². The summed E-state index contributed by atoms with van der Waals surface area (Å²) in [6, 6.07) is 12.7. The summed E-state index contributed by atoms with van der Waals surface area (Å²) in [4.78, 5) is 2.10. The fourth-order valence-corrected chi connectivity index (χ4v) is 2.76. The zero-order valence-electron chi connectivity index (χ0n) is 10.2. The lowest BCUT2D eigenvalue weighted by Gasteiger charge is -2.41. The molecule has 0 radical (unpaired) electrons. The van der Waals surface area contributed by atoms with E-state index in [4.69, 9.17) is 4.74 Å². The maximum absolute atomic E-state index is 9.28. The van der Waals surface area contributed by atoms with Crippen molar-refractivity contribution < 1.29 is 4.74 Å². The second kappa shape index (κ2) is 4.83. The van der Waals surface area contributed by atoms with Crippen molar-refractivity contribution in [1.82, 2.24) is 4.90 Å². The molecule has 2 aliphatic heterocycles. The van der Waals surface area contributed by atoms with Crippen LogP contribution in [0.2, 0.25) is 0 Å². The van der Waals surface area contributed by atoms with E-state index < -0.39 is 0 Å². The molecule has 1 aromatic carbocycles. The van der Waals surface area contributed by atoms with Crippen molar-refractivity contribution in [3.05, 3.63) is 47.7 Å². The normalized spacial score (nSPS) is 27.1. The summed E-state index contributed by atoms with van der Waals surface area (Å²) in [5, 5.41) is 9.28. The molecule has 0 aliphatic carbocycles. The molecule has 1 saturated heterocycles. The smallest absolute Gasteiger partial charge is 0.131 e. The number of hydrogen-bond donors (Lipinski definition) is 0. The molecular weight excluding hydrogens is 224 g/mol. The van der Waals surface area contributed by atoms with Gasteiger partial charge in [0.2, 0.25) is 0 Å². The fourth-order valence-electron chi connectivity index (χ4n) is 2.76. The molecule has 0 N–H and O–H groups in total. The Morgan fingerprint density at radius 3 is 2.89 bits per heavy atom. The molecule has 0 aromatic heterocycles. The van der Waals surface area contributed by atoms with Crippen molar-refractivity contribution in [1.29, 1.82) is 5.26 Å². The zero-order chi connectivity index (χ0) is 12.4. The Bertz CT molecular complexity index is 489. The van der Waals surface area contributed by atoms with Crippen molar-refractivity contribution in [3.8, 4) is 6.07 Å². The van der Waals surface area contributed by atoms with E-state index in [1.165, 1.54) is 5.56 Å². The second-order valence-electron chi connectivity index (χ2n) is 4.79. The molecule has 18 heavy (non-hydrogen) atoms. The van der Waals surface area contributed by atoms with Gasteiger partial charge < -0.3 is 9.64 Å². The first-order valence-corrected chi connectivity index (χ1v) is 6.43. The first-order chi connectivity index (χ1) is 8.88. The largest absolute Gasteiger partial charge is 0.358 e. The molecule has 3 heteroatoms. The Morgan fingerprint density at radius 2 is 2.11 bits per heavy atom. The van der Waals surface area contributed by atoms with Crippen LogP contribution in [0.25, 0.3) is 0 Å². The molecule has 2 aliphatic rings. The summed E-state index contributed by atoms with van der Waals surface area (Å²) in [6.45, 7) is 1.74. The quantitative estimate of drug-likeness (QED) is 0.757. The monoisotopic (exact) mass is 240 g/mol. The number of nitrogens with zero attached hydrogens (tertiary/aromatic N) is 2. The van der Waals surface area contributed by atoms with E-state index in [0.717, 1.165) is 31.7 Å². The van der Waals surface area contributed by atoms with Gasteiger partial charge in [0.15, 0.2) is 0 Å². The number of nitriles is 1. The van der Waals surface area contributed by atoms with Crippen molar-refractivity contribution in [2.24, 2.45) is 0 Å². The number of fused-ring (bicyclic) bond motifs is 1. The van der Waals surface area contributed by atoms with E-state index >= 15 is 0 Å². The van der Waals surface area contributed by atoms with Crippen LogP contribution in [-0.4, -0.2) is 24.3 Å². The summed E-state index contributed by atoms with van der Waals surface area (Å²) in [7, 11) is 0. The number of benzene rings is 1. The number of allylic oxidation sites excluding steroid dienone is 2. The van der Waals surface area contributed by atoms with Crippen LogP contribution in [0.4, 0.5) is 0 Å². The van der Waals surface area contributed by atoms with Crippen LogP contribution < -0.4 is 0 Å². The van der Waals surface area contributed by atoms with Gasteiger partial charge in [-0.15, -0.1) is 0 Å². The average molecular weight is 240 g/mol. The van der Waals surface area contributed by atoms with Gasteiger partial charge in [-0.2, -0.15) is 5.26 Å². The lowest BCUT2D eigenvalue weighted by atomic mass is 9.90. The highest BCUT2D eigenvalue weighted by molar-refractivity contribution is 5.32. The Morgan fingerprint density at radius 1 is 1.28 bits per heavy atom. The number of ether oxygens (including phenoxy) is 1. The van der Waals surface area contributed by atoms with E-state index in [9.17, 15) is 5.26 Å². The second-order valence-corrected chi connectivity index (χ2v) is 4.79. The fraction of sp³-hybridized carbons (Fsp3) is 0.400. The average Bonchev–Trinajstić information content (AvgIpc) is 2.47.